The second-order valence-electron chi connectivity index (χ2n) is 15.9. The van der Waals surface area contributed by atoms with Crippen molar-refractivity contribution in [3.8, 4) is 0 Å². The largest absolute Gasteiger partial charge is 0.393 e. The van der Waals surface area contributed by atoms with Gasteiger partial charge in [0, 0.05) is 36.8 Å². The average molecular weight is 626 g/mol. The zero-order chi connectivity index (χ0) is 33.1. The Labute approximate surface area is 267 Å². The van der Waals surface area contributed by atoms with Crippen molar-refractivity contribution in [3.63, 3.8) is 0 Å². The van der Waals surface area contributed by atoms with Crippen LogP contribution in [-0.2, 0) is 11.3 Å². The van der Waals surface area contributed by atoms with Gasteiger partial charge in [0.25, 0.3) is 0 Å². The molecule has 11 atom stereocenters. The number of nitrogens with zero attached hydrogens (tertiary/aromatic N) is 3. The fraction of sp³-hybridized carbons (Fsp3) is 0.743. The van der Waals surface area contributed by atoms with Crippen LogP contribution in [0.4, 0.5) is 0 Å². The molecule has 4 aliphatic rings. The van der Waals surface area contributed by atoms with E-state index in [-0.39, 0.29) is 53.7 Å². The van der Waals surface area contributed by atoms with Crippen LogP contribution in [0.2, 0.25) is 0 Å². The number of aliphatic imine (C=N–C) groups is 1. The van der Waals surface area contributed by atoms with Crippen molar-refractivity contribution in [1.82, 2.24) is 9.55 Å². The van der Waals surface area contributed by atoms with Gasteiger partial charge in [-0.1, -0.05) is 46.8 Å². The molecule has 0 radical (unpaired) electrons. The summed E-state index contributed by atoms with van der Waals surface area (Å²) in [5.74, 6) is -1.07. The lowest BCUT2D eigenvalue weighted by molar-refractivity contribution is -0.164. The Morgan fingerprint density at radius 1 is 1.24 bits per heavy atom. The number of rotatable bonds is 10. The van der Waals surface area contributed by atoms with Gasteiger partial charge in [-0.2, -0.15) is 0 Å². The van der Waals surface area contributed by atoms with Gasteiger partial charge in [-0.25, -0.2) is 4.98 Å². The Bertz CT molecular complexity index is 1340. The molecule has 0 bridgehead atoms. The van der Waals surface area contributed by atoms with Gasteiger partial charge in [-0.3, -0.25) is 9.79 Å². The van der Waals surface area contributed by atoms with Crippen LogP contribution >= 0.6 is 0 Å². The SMILES string of the molecule is C=C(C[C@@H](O)[C@@H](C)[C@H]1CC[C@@]2(O)C3=CC(=O)[C@@H]4C[C@@H](O)[C@@H](O)C[C@]4(C)[C@H]3[C@H](CN=C(N)N)C[C@]12C)C(C)(C)CCn1ccnc1. The summed E-state index contributed by atoms with van der Waals surface area (Å²) >= 11 is 0. The summed E-state index contributed by atoms with van der Waals surface area (Å²) in [7, 11) is 0. The summed E-state index contributed by atoms with van der Waals surface area (Å²) in [5, 5.41) is 45.7. The summed E-state index contributed by atoms with van der Waals surface area (Å²) in [5.41, 5.74) is 10.6. The minimum absolute atomic E-state index is 0.0138. The first-order chi connectivity index (χ1) is 20.9. The van der Waals surface area contributed by atoms with Crippen LogP contribution < -0.4 is 11.5 Å². The second-order valence-corrected chi connectivity index (χ2v) is 15.9. The lowest BCUT2D eigenvalue weighted by Gasteiger charge is -2.62. The van der Waals surface area contributed by atoms with Crippen molar-refractivity contribution in [2.24, 2.45) is 62.3 Å². The monoisotopic (exact) mass is 625 g/mol. The molecule has 1 aromatic rings. The highest BCUT2D eigenvalue weighted by molar-refractivity contribution is 5.95. The number of aliphatic hydroxyl groups is 4. The predicted molar refractivity (Wildman–Crippen MR) is 174 cm³/mol. The van der Waals surface area contributed by atoms with Gasteiger partial charge < -0.3 is 36.5 Å². The van der Waals surface area contributed by atoms with Crippen LogP contribution in [0.5, 0.6) is 0 Å². The molecule has 0 saturated heterocycles. The van der Waals surface area contributed by atoms with Crippen LogP contribution in [0.1, 0.15) is 79.6 Å². The molecule has 10 heteroatoms. The van der Waals surface area contributed by atoms with E-state index in [4.69, 9.17) is 11.5 Å². The molecule has 0 amide bonds. The minimum atomic E-state index is -1.25. The van der Waals surface area contributed by atoms with Gasteiger partial charge in [-0.15, -0.1) is 0 Å². The standard InChI is InChI=1S/C35H55N5O5/c1-20(32(3,4)9-11-40-12-10-38-19-40)13-26(41)21(2)23-7-8-35(45)25-15-27(42)24-14-28(43)29(44)17-33(24,5)30(25)22(16-34(23,35)6)18-39-31(36)37/h10,12,15,19,21-24,26,28-30,41,43-45H,1,7-9,11,13-14,16-18H2,2-6H3,(H4,36,37,39)/t21-,22-,23+,24-,26+,28+,29-,30-,33-,34+,35+/m0/s1. The third-order valence-electron chi connectivity index (χ3n) is 13.0. The van der Waals surface area contributed by atoms with Gasteiger partial charge in [0.05, 0.1) is 30.2 Å². The van der Waals surface area contributed by atoms with Gasteiger partial charge in [0.1, 0.15) is 0 Å². The highest BCUT2D eigenvalue weighted by atomic mass is 16.3. The van der Waals surface area contributed by atoms with E-state index in [0.29, 0.717) is 37.8 Å². The van der Waals surface area contributed by atoms with Gasteiger partial charge in [0.2, 0.25) is 0 Å². The van der Waals surface area contributed by atoms with Gasteiger partial charge in [0.15, 0.2) is 11.7 Å². The van der Waals surface area contributed by atoms with Crippen molar-refractivity contribution < 1.29 is 25.2 Å². The molecule has 3 saturated carbocycles. The molecule has 0 aliphatic heterocycles. The predicted octanol–water partition coefficient (Wildman–Crippen LogP) is 2.95. The maximum atomic E-state index is 13.7. The third-order valence-corrected chi connectivity index (χ3v) is 13.0. The maximum Gasteiger partial charge on any atom is 0.185 e. The highest BCUT2D eigenvalue weighted by Gasteiger charge is 2.69. The molecule has 3 fully saturated rings. The molecule has 0 aromatic carbocycles. The second kappa shape index (κ2) is 11.9. The Morgan fingerprint density at radius 2 is 1.96 bits per heavy atom. The number of fused-ring (bicyclic) bond motifs is 5. The first kappa shape index (κ1) is 33.8. The number of imidazole rings is 1. The number of carbonyl (C=O) groups is 1. The first-order valence-corrected chi connectivity index (χ1v) is 16.7. The van der Waals surface area contributed by atoms with E-state index in [1.54, 1.807) is 12.3 Å². The highest BCUT2D eigenvalue weighted by Crippen LogP contribution is 2.69. The molecular weight excluding hydrogens is 570 g/mol. The normalized spacial score (nSPS) is 39.2. The van der Waals surface area contributed by atoms with E-state index in [9.17, 15) is 25.2 Å². The van der Waals surface area contributed by atoms with Crippen molar-refractivity contribution in [1.29, 1.82) is 0 Å². The average Bonchev–Trinajstić information content (AvgIpc) is 3.57. The molecule has 0 unspecified atom stereocenters. The number of aliphatic hydroxyl groups excluding tert-OH is 3. The first-order valence-electron chi connectivity index (χ1n) is 16.7. The number of guanidine groups is 1. The smallest absolute Gasteiger partial charge is 0.185 e. The van der Waals surface area contributed by atoms with Crippen molar-refractivity contribution in [2.45, 2.75) is 110 Å². The molecule has 5 rings (SSSR count). The van der Waals surface area contributed by atoms with E-state index < -0.39 is 40.7 Å². The lowest BCUT2D eigenvalue weighted by Crippen LogP contribution is -2.64. The number of ketones is 1. The number of allylic oxidation sites excluding steroid dienone is 1. The van der Waals surface area contributed by atoms with E-state index in [1.165, 1.54) is 0 Å². The molecule has 1 aromatic heterocycles. The van der Waals surface area contributed by atoms with E-state index in [2.05, 4.69) is 44.3 Å². The molecule has 45 heavy (non-hydrogen) atoms. The molecule has 250 valence electrons. The fourth-order valence-electron chi connectivity index (χ4n) is 10.0. The van der Waals surface area contributed by atoms with Crippen LogP contribution in [0.15, 0.2) is 47.5 Å². The molecular formula is C35H55N5O5. The Hall–Kier alpha value is -2.53. The summed E-state index contributed by atoms with van der Waals surface area (Å²) < 4.78 is 2.05. The van der Waals surface area contributed by atoms with E-state index in [1.807, 2.05) is 24.0 Å². The third kappa shape index (κ3) is 5.70. The minimum Gasteiger partial charge on any atom is -0.393 e. The number of hydrogen-bond donors (Lipinski definition) is 6. The van der Waals surface area contributed by atoms with Crippen LogP contribution in [0, 0.1) is 45.8 Å². The van der Waals surface area contributed by atoms with E-state index >= 15 is 0 Å². The summed E-state index contributed by atoms with van der Waals surface area (Å²) in [6.07, 6.45) is 8.19. The van der Waals surface area contributed by atoms with Crippen molar-refractivity contribution in [3.05, 3.63) is 42.5 Å². The Morgan fingerprint density at radius 3 is 2.60 bits per heavy atom. The zero-order valence-electron chi connectivity index (χ0n) is 27.7. The van der Waals surface area contributed by atoms with Crippen molar-refractivity contribution in [2.75, 3.05) is 6.54 Å². The molecule has 10 nitrogen and oxygen atoms in total. The van der Waals surface area contributed by atoms with Gasteiger partial charge in [-0.05, 0) is 91.1 Å². The van der Waals surface area contributed by atoms with Crippen molar-refractivity contribution >= 4 is 11.7 Å². The van der Waals surface area contributed by atoms with Crippen LogP contribution in [0.25, 0.3) is 0 Å². The summed E-state index contributed by atoms with van der Waals surface area (Å²) in [4.78, 5) is 22.3. The number of carbonyl (C=O) groups excluding carboxylic acids is 1. The maximum absolute atomic E-state index is 13.7. The summed E-state index contributed by atoms with van der Waals surface area (Å²) in [6, 6.07) is 0. The molecule has 8 N–H and O–H groups in total. The molecule has 1 heterocycles. The van der Waals surface area contributed by atoms with E-state index in [0.717, 1.165) is 18.5 Å². The summed E-state index contributed by atoms with van der Waals surface area (Å²) in [6.45, 7) is 16.1. The quantitative estimate of drug-likeness (QED) is 0.130. The van der Waals surface area contributed by atoms with Gasteiger partial charge >= 0.3 is 0 Å². The number of nitrogens with two attached hydrogens (primary N) is 2. The topological polar surface area (TPSA) is 180 Å². The number of hydrogen-bond acceptors (Lipinski definition) is 7. The molecule has 0 spiro atoms. The Balaban J connectivity index is 1.42. The Kier molecular flexibility index (Phi) is 8.96. The lowest BCUT2D eigenvalue weighted by atomic mass is 9.43. The van der Waals surface area contributed by atoms with Crippen LogP contribution in [-0.4, -0.2) is 72.2 Å². The van der Waals surface area contributed by atoms with Crippen LogP contribution in [0.3, 0.4) is 0 Å². The fourth-order valence-corrected chi connectivity index (χ4v) is 10.0. The number of aromatic nitrogens is 2. The zero-order valence-corrected chi connectivity index (χ0v) is 27.7. The molecule has 4 aliphatic carbocycles. The number of aryl methyl sites for hydroxylation is 1.